The number of carboxylic acid groups (broad SMARTS) is 1. The maximum absolute atomic E-state index is 12.9. The first-order chi connectivity index (χ1) is 17.2. The Morgan fingerprint density at radius 1 is 0.838 bits per heavy atom. The molecule has 0 saturated carbocycles. The summed E-state index contributed by atoms with van der Waals surface area (Å²) in [5.74, 6) is -6.08. The zero-order valence-electron chi connectivity index (χ0n) is 20.6. The molecule has 4 unspecified atom stereocenters. The number of phenolic OH excluding ortho intramolecular Hbond substituents is 1. The number of phenols is 1. The van der Waals surface area contributed by atoms with Crippen LogP contribution in [0.15, 0.2) is 24.3 Å². The Morgan fingerprint density at radius 2 is 1.41 bits per heavy atom. The monoisotopic (exact) mass is 522 g/mol. The minimum atomic E-state index is -1.46. The first-order valence-corrected chi connectivity index (χ1v) is 11.4. The molecule has 4 atom stereocenters. The van der Waals surface area contributed by atoms with E-state index in [4.69, 9.17) is 17.2 Å². The molecule has 5 amide bonds. The van der Waals surface area contributed by atoms with Crippen molar-refractivity contribution in [2.45, 2.75) is 63.7 Å². The third kappa shape index (κ3) is 10.9. The number of hydrogen-bond acceptors (Lipinski definition) is 8. The van der Waals surface area contributed by atoms with Gasteiger partial charge in [-0.1, -0.05) is 26.0 Å². The molecule has 0 heterocycles. The second-order valence-corrected chi connectivity index (χ2v) is 8.84. The third-order valence-corrected chi connectivity index (χ3v) is 5.31. The van der Waals surface area contributed by atoms with Crippen molar-refractivity contribution in [3.05, 3.63) is 29.8 Å². The van der Waals surface area contributed by atoms with Crippen molar-refractivity contribution < 1.29 is 39.0 Å². The van der Waals surface area contributed by atoms with Gasteiger partial charge < -0.3 is 43.4 Å². The molecule has 37 heavy (non-hydrogen) atoms. The molecule has 0 spiro atoms. The van der Waals surface area contributed by atoms with Gasteiger partial charge in [0.25, 0.3) is 0 Å². The van der Waals surface area contributed by atoms with E-state index in [-0.39, 0.29) is 25.0 Å². The number of rotatable bonds is 15. The van der Waals surface area contributed by atoms with Crippen LogP contribution in [0.3, 0.4) is 0 Å². The number of nitrogens with two attached hydrogens (primary N) is 3. The standard InChI is InChI=1S/C23H34N6O8/c1-11(2)19(22(35)27-15(23(36)37)7-8-17(25)31)29-21(34)16(10-18(26)32)28-20(33)14(24)9-12-3-5-13(30)6-4-12/h3-6,11,14-16,19,30H,7-10,24H2,1-2H3,(H2,25,31)(H2,26,32)(H,27,35)(H,28,33)(H,29,34)(H,36,37). The predicted molar refractivity (Wildman–Crippen MR) is 130 cm³/mol. The van der Waals surface area contributed by atoms with Gasteiger partial charge >= 0.3 is 5.97 Å². The summed E-state index contributed by atoms with van der Waals surface area (Å²) in [4.78, 5) is 72.3. The lowest BCUT2D eigenvalue weighted by molar-refractivity contribution is -0.143. The molecule has 0 radical (unpaired) electrons. The van der Waals surface area contributed by atoms with Crippen LogP contribution < -0.4 is 33.2 Å². The minimum Gasteiger partial charge on any atom is -0.508 e. The minimum absolute atomic E-state index is 0.0336. The SMILES string of the molecule is CC(C)C(NC(=O)C(CC(N)=O)NC(=O)C(N)Cc1ccc(O)cc1)C(=O)NC(CCC(N)=O)C(=O)O. The van der Waals surface area contributed by atoms with E-state index in [0.717, 1.165) is 0 Å². The van der Waals surface area contributed by atoms with Gasteiger partial charge in [0, 0.05) is 6.42 Å². The van der Waals surface area contributed by atoms with Crippen LogP contribution in [-0.2, 0) is 35.2 Å². The highest BCUT2D eigenvalue weighted by Crippen LogP contribution is 2.11. The van der Waals surface area contributed by atoms with Crippen LogP contribution in [0.1, 0.15) is 38.7 Å². The smallest absolute Gasteiger partial charge is 0.326 e. The fourth-order valence-corrected chi connectivity index (χ4v) is 3.26. The molecule has 1 aromatic carbocycles. The van der Waals surface area contributed by atoms with Crippen molar-refractivity contribution in [3.8, 4) is 5.75 Å². The Balaban J connectivity index is 2.93. The van der Waals surface area contributed by atoms with Gasteiger partial charge in [-0.15, -0.1) is 0 Å². The summed E-state index contributed by atoms with van der Waals surface area (Å²) >= 11 is 0. The average molecular weight is 523 g/mol. The van der Waals surface area contributed by atoms with Crippen molar-refractivity contribution in [1.82, 2.24) is 16.0 Å². The summed E-state index contributed by atoms with van der Waals surface area (Å²) in [6.45, 7) is 3.16. The number of benzene rings is 1. The fraction of sp³-hybridized carbons (Fsp3) is 0.478. The molecule has 0 aliphatic carbocycles. The van der Waals surface area contributed by atoms with E-state index < -0.39 is 72.0 Å². The largest absolute Gasteiger partial charge is 0.508 e. The van der Waals surface area contributed by atoms with Gasteiger partial charge in [-0.05, 0) is 36.5 Å². The second kappa shape index (κ2) is 14.4. The van der Waals surface area contributed by atoms with Gasteiger partial charge in [-0.3, -0.25) is 24.0 Å². The van der Waals surface area contributed by atoms with Crippen LogP contribution in [0, 0.1) is 5.92 Å². The van der Waals surface area contributed by atoms with E-state index in [9.17, 15) is 39.0 Å². The van der Waals surface area contributed by atoms with Gasteiger partial charge in [-0.2, -0.15) is 0 Å². The summed E-state index contributed by atoms with van der Waals surface area (Å²) in [7, 11) is 0. The summed E-state index contributed by atoms with van der Waals surface area (Å²) < 4.78 is 0. The lowest BCUT2D eigenvalue weighted by atomic mass is 10.0. The zero-order valence-corrected chi connectivity index (χ0v) is 20.6. The zero-order chi connectivity index (χ0) is 28.3. The quantitative estimate of drug-likeness (QED) is 0.122. The van der Waals surface area contributed by atoms with Crippen LogP contribution in [0.25, 0.3) is 0 Å². The molecule has 11 N–H and O–H groups in total. The van der Waals surface area contributed by atoms with Gasteiger partial charge in [0.15, 0.2) is 0 Å². The van der Waals surface area contributed by atoms with Gasteiger partial charge in [0.1, 0.15) is 23.9 Å². The van der Waals surface area contributed by atoms with Crippen molar-refractivity contribution in [1.29, 1.82) is 0 Å². The Morgan fingerprint density at radius 3 is 1.89 bits per heavy atom. The van der Waals surface area contributed by atoms with Crippen LogP contribution in [0.4, 0.5) is 0 Å². The first kappa shape index (κ1) is 30.8. The van der Waals surface area contributed by atoms with E-state index in [1.54, 1.807) is 26.0 Å². The van der Waals surface area contributed by atoms with Crippen LogP contribution in [0.2, 0.25) is 0 Å². The summed E-state index contributed by atoms with van der Waals surface area (Å²) in [6.07, 6.45) is -1.07. The molecular weight excluding hydrogens is 488 g/mol. The van der Waals surface area contributed by atoms with Crippen LogP contribution in [0.5, 0.6) is 5.75 Å². The molecule has 0 aliphatic heterocycles. The lowest BCUT2D eigenvalue weighted by Gasteiger charge is -2.26. The number of amides is 5. The summed E-state index contributed by atoms with van der Waals surface area (Å²) in [6, 6.07) is 0.712. The Bertz CT molecular complexity index is 997. The molecule has 14 heteroatoms. The number of aliphatic carboxylic acids is 1. The number of carbonyl (C=O) groups is 6. The van der Waals surface area contributed by atoms with Crippen molar-refractivity contribution in [3.63, 3.8) is 0 Å². The number of carboxylic acids is 1. The lowest BCUT2D eigenvalue weighted by Crippen LogP contribution is -2.59. The molecule has 0 bridgehead atoms. The van der Waals surface area contributed by atoms with Crippen molar-refractivity contribution >= 4 is 35.5 Å². The number of primary amides is 2. The van der Waals surface area contributed by atoms with E-state index in [0.29, 0.717) is 5.56 Å². The van der Waals surface area contributed by atoms with E-state index >= 15 is 0 Å². The molecule has 0 aromatic heterocycles. The molecule has 1 rings (SSSR count). The molecule has 0 saturated heterocycles. The van der Waals surface area contributed by atoms with Gasteiger partial charge in [0.05, 0.1) is 12.5 Å². The van der Waals surface area contributed by atoms with Crippen molar-refractivity contribution in [2.24, 2.45) is 23.1 Å². The Kier molecular flexibility index (Phi) is 12.0. The first-order valence-electron chi connectivity index (χ1n) is 11.4. The normalized spacial score (nSPS) is 14.1. The maximum Gasteiger partial charge on any atom is 0.326 e. The molecule has 0 aliphatic rings. The number of aromatic hydroxyl groups is 1. The topological polar surface area (TPSA) is 257 Å². The second-order valence-electron chi connectivity index (χ2n) is 8.84. The molecule has 204 valence electrons. The van der Waals surface area contributed by atoms with Crippen LogP contribution in [-0.4, -0.2) is 69.9 Å². The predicted octanol–water partition coefficient (Wildman–Crippen LogP) is -2.40. The fourth-order valence-electron chi connectivity index (χ4n) is 3.26. The Labute approximate surface area is 213 Å². The van der Waals surface area contributed by atoms with E-state index in [1.807, 2.05) is 0 Å². The van der Waals surface area contributed by atoms with Crippen LogP contribution >= 0.6 is 0 Å². The number of hydrogen-bond donors (Lipinski definition) is 8. The molecular formula is C23H34N6O8. The molecule has 14 nitrogen and oxygen atoms in total. The third-order valence-electron chi connectivity index (χ3n) is 5.31. The van der Waals surface area contributed by atoms with Crippen molar-refractivity contribution in [2.75, 3.05) is 0 Å². The van der Waals surface area contributed by atoms with Gasteiger partial charge in [0.2, 0.25) is 29.5 Å². The maximum atomic E-state index is 12.9. The summed E-state index contributed by atoms with van der Waals surface area (Å²) in [5.41, 5.74) is 16.8. The highest BCUT2D eigenvalue weighted by molar-refractivity contribution is 5.96. The van der Waals surface area contributed by atoms with E-state index in [1.165, 1.54) is 12.1 Å². The molecule has 1 aromatic rings. The van der Waals surface area contributed by atoms with E-state index in [2.05, 4.69) is 16.0 Å². The number of carbonyl (C=O) groups excluding carboxylic acids is 5. The highest BCUT2D eigenvalue weighted by atomic mass is 16.4. The average Bonchev–Trinajstić information content (AvgIpc) is 2.79. The number of nitrogens with one attached hydrogen (secondary N) is 3. The highest BCUT2D eigenvalue weighted by Gasteiger charge is 2.32. The van der Waals surface area contributed by atoms with Gasteiger partial charge in [-0.25, -0.2) is 4.79 Å². The summed E-state index contributed by atoms with van der Waals surface area (Å²) in [5, 5.41) is 25.7. The Hall–Kier alpha value is -4.20. The molecule has 0 fully saturated rings.